The third-order valence-corrected chi connectivity index (χ3v) is 13.8. The maximum atomic E-state index is 6.98. The van der Waals surface area contributed by atoms with Crippen molar-refractivity contribution in [3.05, 3.63) is 206 Å². The van der Waals surface area contributed by atoms with Gasteiger partial charge in [-0.05, 0) is 92.3 Å². The summed E-state index contributed by atoms with van der Waals surface area (Å²) in [6.45, 7) is 0. The van der Waals surface area contributed by atoms with Gasteiger partial charge < -0.3 is 13.4 Å². The van der Waals surface area contributed by atoms with Crippen LogP contribution in [0, 0.1) is 0 Å². The Kier molecular flexibility index (Phi) is 7.40. The molecule has 0 fully saturated rings. The van der Waals surface area contributed by atoms with Gasteiger partial charge in [-0.2, -0.15) is 0 Å². The van der Waals surface area contributed by atoms with Gasteiger partial charge in [-0.1, -0.05) is 152 Å². The molecule has 0 saturated heterocycles. The van der Waals surface area contributed by atoms with E-state index in [1.165, 1.54) is 21.5 Å². The predicted molar refractivity (Wildman–Crippen MR) is 275 cm³/mol. The van der Waals surface area contributed by atoms with Crippen LogP contribution in [-0.4, -0.2) is 19.5 Å². The zero-order chi connectivity index (χ0) is 43.7. The number of para-hydroxylation sites is 1. The SMILES string of the molecule is c1ccc2cc3c(cc2c1)c1cc2ccccc2cc1n3-c1cc2c(cc1-c1nc(-c3cccc4ccccc34)nc(-c3cccc4oc5ccccc5c34)n1)oc1c3ccccc3ccc21. The van der Waals surface area contributed by atoms with E-state index in [4.69, 9.17) is 23.8 Å². The summed E-state index contributed by atoms with van der Waals surface area (Å²) in [6, 6.07) is 72.8. The summed E-state index contributed by atoms with van der Waals surface area (Å²) >= 11 is 0. The Morgan fingerprint density at radius 1 is 0.299 bits per heavy atom. The average Bonchev–Trinajstić information content (AvgIpc) is 4.05. The van der Waals surface area contributed by atoms with E-state index in [1.807, 2.05) is 30.3 Å². The third kappa shape index (κ3) is 5.35. The van der Waals surface area contributed by atoms with Gasteiger partial charge in [-0.15, -0.1) is 0 Å². The molecule has 0 radical (unpaired) electrons. The van der Waals surface area contributed by atoms with Crippen LogP contribution in [0.2, 0.25) is 0 Å². The fourth-order valence-electron chi connectivity index (χ4n) is 10.7. The summed E-state index contributed by atoms with van der Waals surface area (Å²) in [5.41, 5.74) is 8.87. The second-order valence-corrected chi connectivity index (χ2v) is 17.5. The molecule has 15 rings (SSSR count). The number of hydrogen-bond donors (Lipinski definition) is 0. The van der Waals surface area contributed by atoms with Crippen LogP contribution in [0.1, 0.15) is 0 Å². The van der Waals surface area contributed by atoms with Crippen LogP contribution in [-0.2, 0) is 0 Å². The van der Waals surface area contributed by atoms with Gasteiger partial charge in [0.1, 0.15) is 22.3 Å². The van der Waals surface area contributed by atoms with Crippen molar-refractivity contribution in [2.75, 3.05) is 0 Å². The Balaban J connectivity index is 1.11. The molecule has 4 aromatic heterocycles. The molecule has 0 atom stereocenters. The molecule has 6 nitrogen and oxygen atoms in total. The van der Waals surface area contributed by atoms with Gasteiger partial charge in [0, 0.05) is 54.4 Å². The van der Waals surface area contributed by atoms with Crippen molar-refractivity contribution in [3.63, 3.8) is 0 Å². The maximum absolute atomic E-state index is 6.98. The molecule has 310 valence electrons. The molecule has 0 saturated carbocycles. The van der Waals surface area contributed by atoms with Gasteiger partial charge in [-0.25, -0.2) is 15.0 Å². The molecule has 67 heavy (non-hydrogen) atoms. The quantitative estimate of drug-likeness (QED) is 0.176. The van der Waals surface area contributed by atoms with E-state index in [0.29, 0.717) is 17.5 Å². The highest BCUT2D eigenvalue weighted by Gasteiger charge is 2.25. The lowest BCUT2D eigenvalue weighted by molar-refractivity contribution is 0.669. The Morgan fingerprint density at radius 2 is 0.821 bits per heavy atom. The topological polar surface area (TPSA) is 69.9 Å². The highest BCUT2D eigenvalue weighted by molar-refractivity contribution is 6.19. The van der Waals surface area contributed by atoms with Crippen LogP contribution in [0.25, 0.3) is 149 Å². The minimum atomic E-state index is 0.525. The van der Waals surface area contributed by atoms with Gasteiger partial charge >= 0.3 is 0 Å². The highest BCUT2D eigenvalue weighted by Crippen LogP contribution is 2.44. The van der Waals surface area contributed by atoms with Crippen molar-refractivity contribution < 1.29 is 8.83 Å². The number of aromatic nitrogens is 4. The van der Waals surface area contributed by atoms with E-state index in [0.717, 1.165) is 110 Å². The largest absolute Gasteiger partial charge is 0.456 e. The van der Waals surface area contributed by atoms with Crippen LogP contribution in [0.5, 0.6) is 0 Å². The molecular weight excluding hydrogens is 821 g/mol. The summed E-state index contributed by atoms with van der Waals surface area (Å²) in [7, 11) is 0. The first-order valence-electron chi connectivity index (χ1n) is 22.6. The number of fused-ring (bicyclic) bond motifs is 14. The summed E-state index contributed by atoms with van der Waals surface area (Å²) < 4.78 is 15.8. The monoisotopic (exact) mass is 854 g/mol. The van der Waals surface area contributed by atoms with Gasteiger partial charge in [-0.3, -0.25) is 0 Å². The average molecular weight is 855 g/mol. The van der Waals surface area contributed by atoms with Gasteiger partial charge in [0.25, 0.3) is 0 Å². The lowest BCUT2D eigenvalue weighted by Crippen LogP contribution is -2.04. The summed E-state index contributed by atoms with van der Waals surface area (Å²) in [4.78, 5) is 16.4. The molecular formula is C61H34N4O2. The van der Waals surface area contributed by atoms with E-state index in [1.54, 1.807) is 0 Å². The van der Waals surface area contributed by atoms with Crippen LogP contribution < -0.4 is 0 Å². The molecule has 0 N–H and O–H groups in total. The Hall–Kier alpha value is -9.13. The summed E-state index contributed by atoms with van der Waals surface area (Å²) in [5, 5.41) is 15.4. The molecule has 0 spiro atoms. The molecule has 0 aliphatic heterocycles. The van der Waals surface area contributed by atoms with E-state index >= 15 is 0 Å². The van der Waals surface area contributed by atoms with Crippen molar-refractivity contribution in [1.29, 1.82) is 0 Å². The highest BCUT2D eigenvalue weighted by atomic mass is 16.3. The maximum Gasteiger partial charge on any atom is 0.166 e. The molecule has 0 aliphatic carbocycles. The van der Waals surface area contributed by atoms with Crippen LogP contribution in [0.15, 0.2) is 215 Å². The summed E-state index contributed by atoms with van der Waals surface area (Å²) in [5.74, 6) is 1.64. The van der Waals surface area contributed by atoms with Crippen molar-refractivity contribution in [3.8, 4) is 39.9 Å². The fourth-order valence-corrected chi connectivity index (χ4v) is 10.7. The Morgan fingerprint density at radius 3 is 1.54 bits per heavy atom. The van der Waals surface area contributed by atoms with Crippen molar-refractivity contribution in [1.82, 2.24) is 19.5 Å². The normalized spacial score (nSPS) is 12.2. The zero-order valence-electron chi connectivity index (χ0n) is 35.7. The second-order valence-electron chi connectivity index (χ2n) is 17.5. The zero-order valence-corrected chi connectivity index (χ0v) is 35.7. The van der Waals surface area contributed by atoms with Gasteiger partial charge in [0.05, 0.1) is 16.7 Å². The molecule has 0 aliphatic rings. The standard InChI is InChI=1S/C61H34N4O2/c1-3-17-39-31-51-47(29-37(39)15-1)48-30-38-16-2-4-18-40(38)32-52(48)65(51)53-33-49-43-28-27-36-14-6-8-21-42(36)58(43)67-56(49)34-50(53)61-63-59(44-23-11-19-35-13-5-7-20-41(35)44)62-60(64-61)46-24-12-26-55-57(46)45-22-9-10-25-54(45)66-55/h1-34H. The first-order chi connectivity index (χ1) is 33.2. The van der Waals surface area contributed by atoms with Crippen LogP contribution in [0.3, 0.4) is 0 Å². The molecule has 6 heteroatoms. The number of rotatable bonds is 4. The number of hydrogen-bond acceptors (Lipinski definition) is 5. The van der Waals surface area contributed by atoms with Crippen molar-refractivity contribution in [2.24, 2.45) is 0 Å². The first kappa shape index (κ1) is 36.2. The fraction of sp³-hybridized carbons (Fsp3) is 0. The minimum absolute atomic E-state index is 0.525. The van der Waals surface area contributed by atoms with Gasteiger partial charge in [0.2, 0.25) is 0 Å². The number of nitrogens with zero attached hydrogens (tertiary/aromatic N) is 4. The second kappa shape index (κ2) is 13.7. The molecule has 15 aromatic rings. The number of benzene rings is 11. The van der Waals surface area contributed by atoms with Crippen molar-refractivity contribution >= 4 is 109 Å². The number of furan rings is 2. The molecule has 0 amide bonds. The Bertz CT molecular complexity index is 4500. The van der Waals surface area contributed by atoms with E-state index in [2.05, 4.69) is 180 Å². The molecule has 0 bridgehead atoms. The van der Waals surface area contributed by atoms with E-state index in [-0.39, 0.29) is 0 Å². The van der Waals surface area contributed by atoms with Gasteiger partial charge in [0.15, 0.2) is 17.5 Å². The Labute approximate surface area is 381 Å². The first-order valence-corrected chi connectivity index (χ1v) is 22.6. The lowest BCUT2D eigenvalue weighted by atomic mass is 10.0. The lowest BCUT2D eigenvalue weighted by Gasteiger charge is -2.16. The predicted octanol–water partition coefficient (Wildman–Crippen LogP) is 16.4. The molecule has 11 aromatic carbocycles. The smallest absolute Gasteiger partial charge is 0.166 e. The summed E-state index contributed by atoms with van der Waals surface area (Å²) in [6.07, 6.45) is 0. The third-order valence-electron chi connectivity index (χ3n) is 13.8. The minimum Gasteiger partial charge on any atom is -0.456 e. The molecule has 4 heterocycles. The van der Waals surface area contributed by atoms with E-state index in [9.17, 15) is 0 Å². The van der Waals surface area contributed by atoms with Crippen molar-refractivity contribution in [2.45, 2.75) is 0 Å². The van der Waals surface area contributed by atoms with Crippen LogP contribution >= 0.6 is 0 Å². The molecule has 0 unspecified atom stereocenters. The van der Waals surface area contributed by atoms with Crippen LogP contribution in [0.4, 0.5) is 0 Å². The van der Waals surface area contributed by atoms with E-state index < -0.39 is 0 Å².